The Kier molecular flexibility index (Phi) is 7.66. The van der Waals surface area contributed by atoms with Crippen LogP contribution >= 0.6 is 0 Å². The monoisotopic (exact) mass is 446 g/mol. The fourth-order valence-electron chi connectivity index (χ4n) is 3.12. The van der Waals surface area contributed by atoms with Crippen LogP contribution in [0.3, 0.4) is 0 Å². The lowest BCUT2D eigenvalue weighted by Gasteiger charge is -2.19. The average Bonchev–Trinajstić information content (AvgIpc) is 2.82. The first-order chi connectivity index (χ1) is 15.8. The van der Waals surface area contributed by atoms with E-state index in [9.17, 15) is 4.79 Å². The van der Waals surface area contributed by atoms with Gasteiger partial charge in [0, 0.05) is 29.7 Å². The quantitative estimate of drug-likeness (QED) is 0.420. The molecular weight excluding hydrogens is 416 g/mol. The van der Waals surface area contributed by atoms with Crippen molar-refractivity contribution in [1.29, 1.82) is 0 Å². The molecule has 0 aliphatic heterocycles. The number of pyridine rings is 1. The van der Waals surface area contributed by atoms with Gasteiger partial charge in [-0.05, 0) is 52.9 Å². The molecule has 0 unspecified atom stereocenters. The van der Waals surface area contributed by atoms with E-state index < -0.39 is 0 Å². The van der Waals surface area contributed by atoms with Gasteiger partial charge in [-0.25, -0.2) is 4.99 Å². The van der Waals surface area contributed by atoms with Crippen molar-refractivity contribution in [1.82, 2.24) is 10.3 Å². The highest BCUT2D eigenvalue weighted by molar-refractivity contribution is 6.10. The van der Waals surface area contributed by atoms with Crippen LogP contribution in [0, 0.1) is 0 Å². The number of methoxy groups -OCH3 is 2. The molecule has 3 rings (SSSR count). The maximum absolute atomic E-state index is 13.0. The molecule has 3 aromatic rings. The molecule has 1 heterocycles. The Labute approximate surface area is 194 Å². The highest BCUT2D eigenvalue weighted by atomic mass is 16.5. The van der Waals surface area contributed by atoms with Crippen LogP contribution in [0.15, 0.2) is 72.0 Å². The van der Waals surface area contributed by atoms with Crippen molar-refractivity contribution in [3.63, 3.8) is 0 Å². The van der Waals surface area contributed by atoms with Gasteiger partial charge in [-0.3, -0.25) is 15.1 Å². The van der Waals surface area contributed by atoms with E-state index in [0.717, 1.165) is 11.1 Å². The number of benzene rings is 2. The topological polar surface area (TPSA) is 84.8 Å². The lowest BCUT2D eigenvalue weighted by atomic mass is 9.87. The Hall–Kier alpha value is -3.87. The van der Waals surface area contributed by atoms with Gasteiger partial charge in [-0.2, -0.15) is 0 Å². The van der Waals surface area contributed by atoms with Crippen molar-refractivity contribution < 1.29 is 14.3 Å². The minimum Gasteiger partial charge on any atom is -0.493 e. The molecule has 172 valence electrons. The summed E-state index contributed by atoms with van der Waals surface area (Å²) in [6, 6.07) is 16.8. The van der Waals surface area contributed by atoms with Crippen molar-refractivity contribution in [2.45, 2.75) is 32.7 Å². The zero-order chi connectivity index (χ0) is 23.8. The van der Waals surface area contributed by atoms with Gasteiger partial charge in [-0.15, -0.1) is 0 Å². The minimum absolute atomic E-state index is 0.0150. The molecule has 0 saturated carbocycles. The van der Waals surface area contributed by atoms with Crippen LogP contribution in [0.4, 0.5) is 5.69 Å². The van der Waals surface area contributed by atoms with Crippen LogP contribution in [0.25, 0.3) is 0 Å². The zero-order valence-corrected chi connectivity index (χ0v) is 19.7. The maximum Gasteiger partial charge on any atom is 0.257 e. The Morgan fingerprint density at radius 2 is 1.61 bits per heavy atom. The first kappa shape index (κ1) is 23.8. The number of nitrogens with zero attached hydrogens (tertiary/aromatic N) is 2. The smallest absolute Gasteiger partial charge is 0.257 e. The number of aromatic nitrogens is 1. The third-order valence-corrected chi connectivity index (χ3v) is 5.06. The molecule has 0 aliphatic carbocycles. The third kappa shape index (κ3) is 6.55. The van der Waals surface area contributed by atoms with E-state index in [1.807, 2.05) is 42.5 Å². The third-order valence-electron chi connectivity index (χ3n) is 5.06. The summed E-state index contributed by atoms with van der Waals surface area (Å²) in [5.41, 5.74) is 3.40. The van der Waals surface area contributed by atoms with E-state index in [1.165, 1.54) is 0 Å². The summed E-state index contributed by atoms with van der Waals surface area (Å²) in [5, 5.41) is 6.07. The number of ether oxygens (including phenoxy) is 2. The summed E-state index contributed by atoms with van der Waals surface area (Å²) >= 11 is 0. The van der Waals surface area contributed by atoms with Crippen LogP contribution in [0.1, 0.15) is 42.3 Å². The van der Waals surface area contributed by atoms with E-state index in [0.29, 0.717) is 35.3 Å². The largest absolute Gasteiger partial charge is 0.493 e. The number of carbonyl (C=O) groups excluding carboxylic acids is 1. The van der Waals surface area contributed by atoms with Gasteiger partial charge in [0.15, 0.2) is 11.5 Å². The van der Waals surface area contributed by atoms with E-state index in [2.05, 4.69) is 41.4 Å². The fraction of sp³-hybridized carbons (Fsp3) is 0.269. The van der Waals surface area contributed by atoms with Gasteiger partial charge in [0.25, 0.3) is 5.91 Å². The second kappa shape index (κ2) is 10.6. The standard InChI is InChI=1S/C26H30N4O3/c1-26(2,3)20-8-6-19(7-9-20)24(31)30-25(28-17-18-12-14-27-15-13-18)29-21-10-11-22(32-4)23(16-21)33-5/h6-16H,17H2,1-5H3,(H2,28,29,30,31). The molecular formula is C26H30N4O3. The Bertz CT molecular complexity index is 1100. The predicted molar refractivity (Wildman–Crippen MR) is 131 cm³/mol. The molecule has 0 bridgehead atoms. The number of hydrogen-bond acceptors (Lipinski definition) is 5. The predicted octanol–water partition coefficient (Wildman–Crippen LogP) is 4.79. The number of hydrogen-bond donors (Lipinski definition) is 2. The first-order valence-electron chi connectivity index (χ1n) is 10.6. The van der Waals surface area contributed by atoms with Crippen LogP contribution in [0.5, 0.6) is 11.5 Å². The van der Waals surface area contributed by atoms with Crippen molar-refractivity contribution in [3.05, 3.63) is 83.7 Å². The first-order valence-corrected chi connectivity index (χ1v) is 10.6. The van der Waals surface area contributed by atoms with E-state index in [4.69, 9.17) is 9.47 Å². The summed E-state index contributed by atoms with van der Waals surface area (Å²) in [5.74, 6) is 1.25. The summed E-state index contributed by atoms with van der Waals surface area (Å²) in [4.78, 5) is 21.6. The van der Waals surface area contributed by atoms with Crippen molar-refractivity contribution in [2.75, 3.05) is 19.5 Å². The molecule has 0 radical (unpaired) electrons. The number of amides is 1. The molecule has 0 atom stereocenters. The second-order valence-electron chi connectivity index (χ2n) is 8.50. The maximum atomic E-state index is 13.0. The normalized spacial score (nSPS) is 11.6. The number of guanidine groups is 1. The number of anilines is 1. The molecule has 0 fully saturated rings. The Morgan fingerprint density at radius 1 is 0.939 bits per heavy atom. The van der Waals surface area contributed by atoms with Crippen LogP contribution in [0.2, 0.25) is 0 Å². The lowest BCUT2D eigenvalue weighted by molar-refractivity contribution is 0.0977. The van der Waals surface area contributed by atoms with Crippen LogP contribution < -0.4 is 20.1 Å². The Morgan fingerprint density at radius 3 is 2.21 bits per heavy atom. The van der Waals surface area contributed by atoms with Gasteiger partial charge in [0.2, 0.25) is 5.96 Å². The lowest BCUT2D eigenvalue weighted by Crippen LogP contribution is -2.36. The van der Waals surface area contributed by atoms with Gasteiger partial charge >= 0.3 is 0 Å². The van der Waals surface area contributed by atoms with Gasteiger partial charge in [0.1, 0.15) is 0 Å². The zero-order valence-electron chi connectivity index (χ0n) is 19.7. The summed E-state index contributed by atoms with van der Waals surface area (Å²) in [7, 11) is 3.15. The van der Waals surface area contributed by atoms with Crippen molar-refractivity contribution in [2.24, 2.45) is 4.99 Å². The van der Waals surface area contributed by atoms with Gasteiger partial charge in [0.05, 0.1) is 20.8 Å². The number of carbonyl (C=O) groups is 1. The van der Waals surface area contributed by atoms with Gasteiger partial charge in [-0.1, -0.05) is 32.9 Å². The summed E-state index contributed by atoms with van der Waals surface area (Å²) in [6.07, 6.45) is 3.42. The van der Waals surface area contributed by atoms with Crippen LogP contribution in [-0.4, -0.2) is 31.1 Å². The van der Waals surface area contributed by atoms with E-state index in [-0.39, 0.29) is 11.3 Å². The molecule has 7 nitrogen and oxygen atoms in total. The average molecular weight is 447 g/mol. The molecule has 0 saturated heterocycles. The molecule has 7 heteroatoms. The van der Waals surface area contributed by atoms with E-state index >= 15 is 0 Å². The minimum atomic E-state index is -0.253. The molecule has 1 aromatic heterocycles. The molecule has 0 aliphatic rings. The number of rotatable bonds is 6. The van der Waals surface area contributed by atoms with Crippen LogP contribution in [-0.2, 0) is 12.0 Å². The van der Waals surface area contributed by atoms with Crippen molar-refractivity contribution in [3.8, 4) is 11.5 Å². The summed E-state index contributed by atoms with van der Waals surface area (Å²) in [6.45, 7) is 6.79. The molecule has 33 heavy (non-hydrogen) atoms. The molecule has 0 spiro atoms. The fourth-order valence-corrected chi connectivity index (χ4v) is 3.12. The second-order valence-corrected chi connectivity index (χ2v) is 8.50. The SMILES string of the molecule is COc1ccc(NC(=NCc2ccncc2)NC(=O)c2ccc(C(C)(C)C)cc2)cc1OC. The highest BCUT2D eigenvalue weighted by Gasteiger charge is 2.15. The van der Waals surface area contributed by atoms with Crippen molar-refractivity contribution >= 4 is 17.6 Å². The molecule has 2 N–H and O–H groups in total. The number of nitrogens with one attached hydrogen (secondary N) is 2. The summed E-state index contributed by atoms with van der Waals surface area (Å²) < 4.78 is 10.7. The Balaban J connectivity index is 1.83. The number of aliphatic imine (C=N–C) groups is 1. The molecule has 2 aromatic carbocycles. The highest BCUT2D eigenvalue weighted by Crippen LogP contribution is 2.29. The van der Waals surface area contributed by atoms with Gasteiger partial charge < -0.3 is 14.8 Å². The molecule has 1 amide bonds. The van der Waals surface area contributed by atoms with E-state index in [1.54, 1.807) is 38.7 Å².